The van der Waals surface area contributed by atoms with E-state index in [4.69, 9.17) is 9.47 Å². The average Bonchev–Trinajstić information content (AvgIpc) is 2.62. The van der Waals surface area contributed by atoms with Gasteiger partial charge in [0.25, 0.3) is 0 Å². The topological polar surface area (TPSA) is 35.5 Å². The number of carbonyl (C=O) groups is 1. The summed E-state index contributed by atoms with van der Waals surface area (Å²) in [5.74, 6) is 0.846. The highest BCUT2D eigenvalue weighted by molar-refractivity contribution is 5.92. The van der Waals surface area contributed by atoms with E-state index in [1.807, 2.05) is 48.5 Å². The number of hydrogen-bond acceptors (Lipinski definition) is 3. The predicted molar refractivity (Wildman–Crippen MR) is 95.8 cm³/mol. The zero-order chi connectivity index (χ0) is 16.8. The van der Waals surface area contributed by atoms with Crippen molar-refractivity contribution in [2.75, 3.05) is 6.61 Å². The first-order valence-electron chi connectivity index (χ1n) is 8.20. The number of unbranched alkanes of at least 4 members (excludes halogenated alkanes) is 1. The van der Waals surface area contributed by atoms with E-state index in [0.29, 0.717) is 23.7 Å². The zero-order valence-corrected chi connectivity index (χ0v) is 13.7. The number of hydrogen-bond donors (Lipinski definition) is 0. The standard InChI is InChI=1S/C21H20O3/c1-2-3-13-23-19-10-6-9-18(15-19)21(22)24-20-12-11-16-7-4-5-8-17(16)14-20/h4-12,14-15H,2-3,13H2,1H3. The summed E-state index contributed by atoms with van der Waals surface area (Å²) in [6, 6.07) is 20.7. The molecule has 3 aromatic carbocycles. The smallest absolute Gasteiger partial charge is 0.343 e. The molecule has 0 aromatic heterocycles. The largest absolute Gasteiger partial charge is 0.494 e. The van der Waals surface area contributed by atoms with Gasteiger partial charge in [-0.15, -0.1) is 0 Å². The Morgan fingerprint density at radius 3 is 2.54 bits per heavy atom. The molecule has 24 heavy (non-hydrogen) atoms. The van der Waals surface area contributed by atoms with Gasteiger partial charge in [-0.3, -0.25) is 0 Å². The van der Waals surface area contributed by atoms with Crippen LogP contribution < -0.4 is 9.47 Å². The minimum Gasteiger partial charge on any atom is -0.494 e. The molecule has 0 heterocycles. The fourth-order valence-corrected chi connectivity index (χ4v) is 2.44. The Kier molecular flexibility index (Phi) is 5.12. The third-order valence-electron chi connectivity index (χ3n) is 3.77. The Hall–Kier alpha value is -2.81. The Morgan fingerprint density at radius 1 is 0.875 bits per heavy atom. The van der Waals surface area contributed by atoms with E-state index in [0.717, 1.165) is 23.6 Å². The van der Waals surface area contributed by atoms with E-state index < -0.39 is 0 Å². The lowest BCUT2D eigenvalue weighted by Gasteiger charge is -2.08. The number of rotatable bonds is 6. The predicted octanol–water partition coefficient (Wildman–Crippen LogP) is 5.24. The van der Waals surface area contributed by atoms with Crippen molar-refractivity contribution >= 4 is 16.7 Å². The van der Waals surface area contributed by atoms with Gasteiger partial charge in [0.15, 0.2) is 0 Å². The summed E-state index contributed by atoms with van der Waals surface area (Å²) >= 11 is 0. The molecule has 0 aliphatic carbocycles. The second kappa shape index (κ2) is 7.64. The van der Waals surface area contributed by atoms with Crippen molar-refractivity contribution in [1.29, 1.82) is 0 Å². The maximum atomic E-state index is 12.4. The summed E-state index contributed by atoms with van der Waals surface area (Å²) < 4.78 is 11.1. The molecule has 0 amide bonds. The summed E-state index contributed by atoms with van der Waals surface area (Å²) in [4.78, 5) is 12.4. The highest BCUT2D eigenvalue weighted by Crippen LogP contribution is 2.22. The van der Waals surface area contributed by atoms with Crippen molar-refractivity contribution in [2.24, 2.45) is 0 Å². The minimum absolute atomic E-state index is 0.383. The average molecular weight is 320 g/mol. The van der Waals surface area contributed by atoms with Crippen LogP contribution in [-0.2, 0) is 0 Å². The van der Waals surface area contributed by atoms with Gasteiger partial charge in [0, 0.05) is 0 Å². The molecular formula is C21H20O3. The van der Waals surface area contributed by atoms with E-state index >= 15 is 0 Å². The molecule has 0 radical (unpaired) electrons. The molecule has 3 heteroatoms. The van der Waals surface area contributed by atoms with E-state index in [1.54, 1.807) is 18.2 Å². The Balaban J connectivity index is 1.72. The van der Waals surface area contributed by atoms with Gasteiger partial charge in [-0.2, -0.15) is 0 Å². The fraction of sp³-hybridized carbons (Fsp3) is 0.190. The Labute approximate surface area is 141 Å². The Morgan fingerprint density at radius 2 is 1.71 bits per heavy atom. The number of esters is 1. The normalized spacial score (nSPS) is 10.5. The van der Waals surface area contributed by atoms with Crippen LogP contribution in [0.2, 0.25) is 0 Å². The third-order valence-corrected chi connectivity index (χ3v) is 3.77. The van der Waals surface area contributed by atoms with Crippen LogP contribution in [0.3, 0.4) is 0 Å². The van der Waals surface area contributed by atoms with E-state index in [2.05, 4.69) is 6.92 Å². The van der Waals surface area contributed by atoms with Gasteiger partial charge in [-0.05, 0) is 47.5 Å². The van der Waals surface area contributed by atoms with Gasteiger partial charge >= 0.3 is 5.97 Å². The highest BCUT2D eigenvalue weighted by Gasteiger charge is 2.10. The minimum atomic E-state index is -0.383. The molecule has 0 saturated heterocycles. The summed E-state index contributed by atoms with van der Waals surface area (Å²) in [7, 11) is 0. The van der Waals surface area contributed by atoms with E-state index in [-0.39, 0.29) is 5.97 Å². The van der Waals surface area contributed by atoms with Crippen molar-refractivity contribution < 1.29 is 14.3 Å². The van der Waals surface area contributed by atoms with Crippen LogP contribution in [-0.4, -0.2) is 12.6 Å². The van der Waals surface area contributed by atoms with E-state index in [9.17, 15) is 4.79 Å². The van der Waals surface area contributed by atoms with Crippen LogP contribution in [0, 0.1) is 0 Å². The molecule has 3 aromatic rings. The molecule has 0 bridgehead atoms. The lowest BCUT2D eigenvalue weighted by Crippen LogP contribution is -2.08. The van der Waals surface area contributed by atoms with Crippen LogP contribution in [0.25, 0.3) is 10.8 Å². The van der Waals surface area contributed by atoms with Crippen LogP contribution in [0.15, 0.2) is 66.7 Å². The number of ether oxygens (including phenoxy) is 2. The first-order chi connectivity index (χ1) is 11.8. The van der Waals surface area contributed by atoms with Gasteiger partial charge in [0.2, 0.25) is 0 Å². The Bertz CT molecular complexity index is 839. The summed E-state index contributed by atoms with van der Waals surface area (Å²) in [5, 5.41) is 2.16. The van der Waals surface area contributed by atoms with Crippen molar-refractivity contribution in [1.82, 2.24) is 0 Å². The SMILES string of the molecule is CCCCOc1cccc(C(=O)Oc2ccc3ccccc3c2)c1. The van der Waals surface area contributed by atoms with Crippen LogP contribution in [0.1, 0.15) is 30.1 Å². The van der Waals surface area contributed by atoms with Crippen LogP contribution in [0.4, 0.5) is 0 Å². The quantitative estimate of drug-likeness (QED) is 0.354. The molecule has 0 N–H and O–H groups in total. The van der Waals surface area contributed by atoms with E-state index in [1.165, 1.54) is 0 Å². The molecule has 0 unspecified atom stereocenters. The maximum Gasteiger partial charge on any atom is 0.343 e. The van der Waals surface area contributed by atoms with Gasteiger partial charge in [0.1, 0.15) is 11.5 Å². The number of fused-ring (bicyclic) bond motifs is 1. The van der Waals surface area contributed by atoms with Crippen molar-refractivity contribution in [3.63, 3.8) is 0 Å². The molecule has 0 saturated carbocycles. The molecular weight excluding hydrogens is 300 g/mol. The summed E-state index contributed by atoms with van der Waals surface area (Å²) in [6.45, 7) is 2.76. The lowest BCUT2D eigenvalue weighted by atomic mass is 10.1. The summed E-state index contributed by atoms with van der Waals surface area (Å²) in [5.41, 5.74) is 0.483. The lowest BCUT2D eigenvalue weighted by molar-refractivity contribution is 0.0734. The highest BCUT2D eigenvalue weighted by atomic mass is 16.5. The van der Waals surface area contributed by atoms with Crippen LogP contribution in [0.5, 0.6) is 11.5 Å². The third kappa shape index (κ3) is 3.93. The zero-order valence-electron chi connectivity index (χ0n) is 13.7. The van der Waals surface area contributed by atoms with Crippen molar-refractivity contribution in [3.8, 4) is 11.5 Å². The molecule has 0 aliphatic heterocycles. The van der Waals surface area contributed by atoms with Crippen molar-refractivity contribution in [3.05, 3.63) is 72.3 Å². The summed E-state index contributed by atoms with van der Waals surface area (Å²) in [6.07, 6.45) is 2.06. The molecule has 122 valence electrons. The van der Waals surface area contributed by atoms with Gasteiger partial charge in [-0.25, -0.2) is 4.79 Å². The van der Waals surface area contributed by atoms with Gasteiger partial charge in [0.05, 0.1) is 12.2 Å². The van der Waals surface area contributed by atoms with Gasteiger partial charge < -0.3 is 9.47 Å². The molecule has 0 aliphatic rings. The molecule has 0 atom stereocenters. The molecule has 3 rings (SSSR count). The van der Waals surface area contributed by atoms with Gasteiger partial charge in [-0.1, -0.05) is 49.7 Å². The monoisotopic (exact) mass is 320 g/mol. The first-order valence-corrected chi connectivity index (χ1v) is 8.20. The first kappa shape index (κ1) is 16.1. The number of benzene rings is 3. The molecule has 0 spiro atoms. The molecule has 0 fully saturated rings. The maximum absolute atomic E-state index is 12.4. The second-order valence-corrected chi connectivity index (χ2v) is 5.63. The van der Waals surface area contributed by atoms with Crippen molar-refractivity contribution in [2.45, 2.75) is 19.8 Å². The van der Waals surface area contributed by atoms with Crippen LogP contribution >= 0.6 is 0 Å². The second-order valence-electron chi connectivity index (χ2n) is 5.63. The molecule has 3 nitrogen and oxygen atoms in total. The fourth-order valence-electron chi connectivity index (χ4n) is 2.44. The number of carbonyl (C=O) groups excluding carboxylic acids is 1.